The number of H-pyrrole nitrogens is 1. The van der Waals surface area contributed by atoms with Crippen molar-refractivity contribution in [2.75, 3.05) is 6.54 Å². The summed E-state index contributed by atoms with van der Waals surface area (Å²) in [5, 5.41) is 14.2. The summed E-state index contributed by atoms with van der Waals surface area (Å²) in [4.78, 5) is 26.0. The maximum atomic E-state index is 13.0. The minimum absolute atomic E-state index is 0.230. The minimum atomic E-state index is -0.745. The van der Waals surface area contributed by atoms with Crippen molar-refractivity contribution in [3.05, 3.63) is 101 Å². The SMILES string of the molecule is O=C(N[C@@H](Cc1ccc(Cl)cc1)C(=O)NCCCc1ccccc1)c1n[nH]c2ccccc12. The van der Waals surface area contributed by atoms with Crippen molar-refractivity contribution >= 4 is 34.3 Å². The summed E-state index contributed by atoms with van der Waals surface area (Å²) in [7, 11) is 0. The van der Waals surface area contributed by atoms with E-state index in [1.165, 1.54) is 5.56 Å². The van der Waals surface area contributed by atoms with Gasteiger partial charge in [0.25, 0.3) is 5.91 Å². The molecule has 7 heteroatoms. The maximum absolute atomic E-state index is 13.0. The molecule has 1 aromatic heterocycles. The number of rotatable bonds is 9. The molecule has 0 aliphatic heterocycles. The van der Waals surface area contributed by atoms with Crippen molar-refractivity contribution < 1.29 is 9.59 Å². The summed E-state index contributed by atoms with van der Waals surface area (Å²) >= 11 is 5.99. The molecule has 0 fully saturated rings. The number of nitrogens with one attached hydrogen (secondary N) is 3. The molecule has 33 heavy (non-hydrogen) atoms. The number of para-hydroxylation sites is 1. The molecule has 0 saturated carbocycles. The molecule has 0 saturated heterocycles. The predicted molar refractivity (Wildman–Crippen MR) is 130 cm³/mol. The Bertz CT molecular complexity index is 1220. The van der Waals surface area contributed by atoms with Crippen LogP contribution in [-0.2, 0) is 17.6 Å². The summed E-state index contributed by atoms with van der Waals surface area (Å²) < 4.78 is 0. The molecule has 2 amide bonds. The van der Waals surface area contributed by atoms with E-state index >= 15 is 0 Å². The van der Waals surface area contributed by atoms with Crippen LogP contribution >= 0.6 is 11.6 Å². The van der Waals surface area contributed by atoms with E-state index in [4.69, 9.17) is 11.6 Å². The molecular formula is C26H25ClN4O2. The zero-order chi connectivity index (χ0) is 23.0. The fourth-order valence-corrected chi connectivity index (χ4v) is 3.83. The molecule has 6 nitrogen and oxygen atoms in total. The number of aromatic nitrogens is 2. The highest BCUT2D eigenvalue weighted by molar-refractivity contribution is 6.30. The topological polar surface area (TPSA) is 86.9 Å². The van der Waals surface area contributed by atoms with Crippen molar-refractivity contribution in [3.8, 4) is 0 Å². The molecule has 1 heterocycles. The van der Waals surface area contributed by atoms with Crippen LogP contribution in [0, 0.1) is 0 Å². The third-order valence-corrected chi connectivity index (χ3v) is 5.70. The number of carbonyl (C=O) groups excluding carboxylic acids is 2. The lowest BCUT2D eigenvalue weighted by molar-refractivity contribution is -0.122. The number of hydrogen-bond acceptors (Lipinski definition) is 3. The lowest BCUT2D eigenvalue weighted by Crippen LogP contribution is -2.48. The third kappa shape index (κ3) is 5.99. The number of amides is 2. The van der Waals surface area contributed by atoms with E-state index in [0.29, 0.717) is 23.4 Å². The summed E-state index contributed by atoms with van der Waals surface area (Å²) in [6.07, 6.45) is 2.02. The Balaban J connectivity index is 1.43. The molecule has 0 aliphatic rings. The van der Waals surface area contributed by atoms with E-state index in [-0.39, 0.29) is 11.6 Å². The first-order valence-electron chi connectivity index (χ1n) is 10.9. The Morgan fingerprint density at radius 3 is 2.42 bits per heavy atom. The molecule has 4 aromatic rings. The van der Waals surface area contributed by atoms with Crippen molar-refractivity contribution in [1.29, 1.82) is 0 Å². The van der Waals surface area contributed by atoms with Crippen LogP contribution in [0.4, 0.5) is 0 Å². The Kier molecular flexibility index (Phi) is 7.37. The van der Waals surface area contributed by atoms with Gasteiger partial charge in [-0.25, -0.2) is 0 Å². The Morgan fingerprint density at radius 1 is 0.909 bits per heavy atom. The van der Waals surface area contributed by atoms with Crippen molar-refractivity contribution in [2.45, 2.75) is 25.3 Å². The Labute approximate surface area is 197 Å². The zero-order valence-electron chi connectivity index (χ0n) is 18.1. The average molecular weight is 461 g/mol. The summed E-state index contributed by atoms with van der Waals surface area (Å²) in [5.74, 6) is -0.628. The van der Waals surface area contributed by atoms with E-state index < -0.39 is 11.9 Å². The first kappa shape index (κ1) is 22.6. The van der Waals surface area contributed by atoms with Gasteiger partial charge >= 0.3 is 0 Å². The molecule has 0 unspecified atom stereocenters. The maximum Gasteiger partial charge on any atom is 0.273 e. The second-order valence-electron chi connectivity index (χ2n) is 7.85. The highest BCUT2D eigenvalue weighted by atomic mass is 35.5. The predicted octanol–water partition coefficient (Wildman–Crippen LogP) is 4.31. The molecule has 0 radical (unpaired) electrons. The Hall–Kier alpha value is -3.64. The molecular weight excluding hydrogens is 436 g/mol. The third-order valence-electron chi connectivity index (χ3n) is 5.44. The fourth-order valence-electron chi connectivity index (χ4n) is 3.70. The standard InChI is InChI=1S/C26H25ClN4O2/c27-20-14-12-19(13-15-20)17-23(25(32)28-16-6-9-18-7-2-1-3-8-18)29-26(33)24-21-10-4-5-11-22(21)30-31-24/h1-5,7-8,10-15,23H,6,9,16-17H2,(H,28,32)(H,29,33)(H,30,31)/t23-/m0/s1. The molecule has 0 bridgehead atoms. The van der Waals surface area contributed by atoms with E-state index in [9.17, 15) is 9.59 Å². The van der Waals surface area contributed by atoms with Gasteiger partial charge in [-0.15, -0.1) is 0 Å². The number of carbonyl (C=O) groups is 2. The van der Waals surface area contributed by atoms with Gasteiger partial charge in [-0.1, -0.05) is 72.3 Å². The number of aryl methyl sites for hydroxylation is 1. The number of aromatic amines is 1. The zero-order valence-corrected chi connectivity index (χ0v) is 18.8. The molecule has 0 aliphatic carbocycles. The van der Waals surface area contributed by atoms with Crippen LogP contribution in [0.1, 0.15) is 28.0 Å². The van der Waals surface area contributed by atoms with Crippen LogP contribution in [-0.4, -0.2) is 34.6 Å². The van der Waals surface area contributed by atoms with E-state index in [2.05, 4.69) is 33.0 Å². The van der Waals surface area contributed by atoms with Gasteiger partial charge in [-0.3, -0.25) is 14.7 Å². The van der Waals surface area contributed by atoms with Crippen molar-refractivity contribution in [2.24, 2.45) is 0 Å². The van der Waals surface area contributed by atoms with Gasteiger partial charge < -0.3 is 10.6 Å². The van der Waals surface area contributed by atoms with Crippen LogP contribution in [0.3, 0.4) is 0 Å². The van der Waals surface area contributed by atoms with Crippen LogP contribution in [0.2, 0.25) is 5.02 Å². The van der Waals surface area contributed by atoms with E-state index in [0.717, 1.165) is 23.9 Å². The highest BCUT2D eigenvalue weighted by Crippen LogP contribution is 2.16. The summed E-state index contributed by atoms with van der Waals surface area (Å²) in [5.41, 5.74) is 3.16. The smallest absolute Gasteiger partial charge is 0.273 e. The second-order valence-corrected chi connectivity index (χ2v) is 8.29. The van der Waals surface area contributed by atoms with Gasteiger partial charge in [0.15, 0.2) is 5.69 Å². The van der Waals surface area contributed by atoms with Gasteiger partial charge in [-0.2, -0.15) is 5.10 Å². The number of benzene rings is 3. The first-order chi connectivity index (χ1) is 16.1. The normalized spacial score (nSPS) is 11.8. The van der Waals surface area contributed by atoms with E-state index in [1.807, 2.05) is 54.6 Å². The Morgan fingerprint density at radius 2 is 1.64 bits per heavy atom. The van der Waals surface area contributed by atoms with Gasteiger partial charge in [0, 0.05) is 23.4 Å². The van der Waals surface area contributed by atoms with Crippen molar-refractivity contribution in [1.82, 2.24) is 20.8 Å². The van der Waals surface area contributed by atoms with Crippen LogP contribution in [0.15, 0.2) is 78.9 Å². The monoisotopic (exact) mass is 460 g/mol. The van der Waals surface area contributed by atoms with Crippen LogP contribution < -0.4 is 10.6 Å². The highest BCUT2D eigenvalue weighted by Gasteiger charge is 2.24. The van der Waals surface area contributed by atoms with E-state index in [1.54, 1.807) is 12.1 Å². The number of halogens is 1. The van der Waals surface area contributed by atoms with Gasteiger partial charge in [0.05, 0.1) is 5.52 Å². The summed E-state index contributed by atoms with van der Waals surface area (Å²) in [6, 6.07) is 24.0. The number of nitrogens with zero attached hydrogens (tertiary/aromatic N) is 1. The molecule has 1 atom stereocenters. The minimum Gasteiger partial charge on any atom is -0.354 e. The largest absolute Gasteiger partial charge is 0.354 e. The van der Waals surface area contributed by atoms with Gasteiger partial charge in [0.2, 0.25) is 5.91 Å². The average Bonchev–Trinajstić information content (AvgIpc) is 3.28. The quantitative estimate of drug-likeness (QED) is 0.325. The lowest BCUT2D eigenvalue weighted by Gasteiger charge is -2.18. The molecule has 168 valence electrons. The second kappa shape index (κ2) is 10.8. The summed E-state index contributed by atoms with van der Waals surface area (Å²) in [6.45, 7) is 0.520. The molecule has 3 N–H and O–H groups in total. The first-order valence-corrected chi connectivity index (χ1v) is 11.3. The molecule has 4 rings (SSSR count). The van der Waals surface area contributed by atoms with Crippen LogP contribution in [0.25, 0.3) is 10.9 Å². The molecule has 0 spiro atoms. The van der Waals surface area contributed by atoms with Crippen molar-refractivity contribution in [3.63, 3.8) is 0 Å². The number of hydrogen-bond donors (Lipinski definition) is 3. The lowest BCUT2D eigenvalue weighted by atomic mass is 10.0. The fraction of sp³-hybridized carbons (Fsp3) is 0.192. The number of fused-ring (bicyclic) bond motifs is 1. The molecule has 3 aromatic carbocycles. The van der Waals surface area contributed by atoms with Gasteiger partial charge in [0.1, 0.15) is 6.04 Å². The van der Waals surface area contributed by atoms with Gasteiger partial charge in [-0.05, 0) is 42.2 Å². The van der Waals surface area contributed by atoms with Crippen LogP contribution in [0.5, 0.6) is 0 Å².